The van der Waals surface area contributed by atoms with Crippen molar-refractivity contribution in [3.63, 3.8) is 0 Å². The Balaban J connectivity index is 1.34. The second-order valence-electron chi connectivity index (χ2n) is 7.80. The highest BCUT2D eigenvalue weighted by molar-refractivity contribution is 5.82. The van der Waals surface area contributed by atoms with E-state index in [1.54, 1.807) is 0 Å². The van der Waals surface area contributed by atoms with Crippen LogP contribution in [0.5, 0.6) is 0 Å². The van der Waals surface area contributed by atoms with Crippen molar-refractivity contribution in [2.75, 3.05) is 39.8 Å². The summed E-state index contributed by atoms with van der Waals surface area (Å²) in [7, 11) is 2.13. The van der Waals surface area contributed by atoms with Crippen molar-refractivity contribution in [1.82, 2.24) is 14.7 Å². The lowest BCUT2D eigenvalue weighted by atomic mass is 9.77. The summed E-state index contributed by atoms with van der Waals surface area (Å²) < 4.78 is 0. The molecule has 4 rings (SSSR count). The van der Waals surface area contributed by atoms with Gasteiger partial charge in [0.25, 0.3) is 0 Å². The molecule has 3 aliphatic rings. The molecule has 1 spiro atoms. The van der Waals surface area contributed by atoms with Crippen LogP contribution in [0.25, 0.3) is 0 Å². The molecule has 3 heterocycles. The maximum Gasteiger partial charge on any atom is 0.239 e. The molecule has 0 bridgehead atoms. The van der Waals surface area contributed by atoms with Crippen LogP contribution in [0, 0.1) is 5.41 Å². The molecule has 4 heteroatoms. The van der Waals surface area contributed by atoms with Gasteiger partial charge in [-0.3, -0.25) is 14.6 Å². The van der Waals surface area contributed by atoms with Gasteiger partial charge in [0.15, 0.2) is 0 Å². The predicted octanol–water partition coefficient (Wildman–Crippen LogP) is 1.82. The lowest BCUT2D eigenvalue weighted by Crippen LogP contribution is -2.56. The molecule has 1 aromatic rings. The lowest BCUT2D eigenvalue weighted by Gasteiger charge is -2.48. The molecule has 0 radical (unpaired) electrons. The quantitative estimate of drug-likeness (QED) is 0.851. The van der Waals surface area contributed by atoms with Gasteiger partial charge in [-0.1, -0.05) is 30.3 Å². The third kappa shape index (κ3) is 2.90. The van der Waals surface area contributed by atoms with Gasteiger partial charge in [-0.15, -0.1) is 0 Å². The molecule has 0 aromatic heterocycles. The number of carbonyl (C=O) groups is 1. The Morgan fingerprint density at radius 2 is 1.83 bits per heavy atom. The smallest absolute Gasteiger partial charge is 0.239 e. The van der Waals surface area contributed by atoms with Crippen molar-refractivity contribution in [3.8, 4) is 0 Å². The number of benzene rings is 1. The van der Waals surface area contributed by atoms with E-state index < -0.39 is 0 Å². The molecule has 1 amide bonds. The summed E-state index contributed by atoms with van der Waals surface area (Å²) in [5, 5.41) is 0. The Hall–Kier alpha value is -1.39. The maximum absolute atomic E-state index is 12.7. The second kappa shape index (κ2) is 5.91. The number of carbonyl (C=O) groups excluding carboxylic acids is 1. The fourth-order valence-electron chi connectivity index (χ4n) is 4.78. The van der Waals surface area contributed by atoms with Gasteiger partial charge in [0.05, 0.1) is 6.04 Å². The molecular weight excluding hydrogens is 286 g/mol. The van der Waals surface area contributed by atoms with E-state index in [2.05, 4.69) is 52.1 Å². The highest BCUT2D eigenvalue weighted by Gasteiger charge is 2.52. The summed E-state index contributed by atoms with van der Waals surface area (Å²) in [6, 6.07) is 10.8. The number of likely N-dealkylation sites (N-methyl/N-ethyl adjacent to an activating group) is 1. The van der Waals surface area contributed by atoms with Crippen LogP contribution < -0.4 is 0 Å². The van der Waals surface area contributed by atoms with E-state index in [1.807, 2.05) is 0 Å². The highest BCUT2D eigenvalue weighted by Crippen LogP contribution is 2.43. The molecule has 3 saturated heterocycles. The third-order valence-corrected chi connectivity index (χ3v) is 5.81. The zero-order valence-electron chi connectivity index (χ0n) is 14.1. The molecule has 3 aliphatic heterocycles. The van der Waals surface area contributed by atoms with Crippen LogP contribution in [0.4, 0.5) is 0 Å². The van der Waals surface area contributed by atoms with Crippen LogP contribution in [-0.4, -0.2) is 66.4 Å². The first-order valence-corrected chi connectivity index (χ1v) is 8.91. The molecule has 1 aromatic carbocycles. The van der Waals surface area contributed by atoms with Crippen LogP contribution in [0.2, 0.25) is 0 Å². The standard InChI is InChI=1S/C19H27N3O/c1-20-13-19(11-17(20)18(23)22-9-5-6-10-22)14-21(15-19)12-16-7-3-2-4-8-16/h2-4,7-8,17H,5-6,9-15H2,1H3. The van der Waals surface area contributed by atoms with Gasteiger partial charge in [-0.25, -0.2) is 0 Å². The highest BCUT2D eigenvalue weighted by atomic mass is 16.2. The number of amides is 1. The average molecular weight is 313 g/mol. The monoisotopic (exact) mass is 313 g/mol. The van der Waals surface area contributed by atoms with Gasteiger partial charge in [0.1, 0.15) is 0 Å². The minimum Gasteiger partial charge on any atom is -0.341 e. The van der Waals surface area contributed by atoms with Crippen molar-refractivity contribution >= 4 is 5.91 Å². The summed E-state index contributed by atoms with van der Waals surface area (Å²) in [4.78, 5) is 19.6. The SMILES string of the molecule is CN1CC2(CC1C(=O)N1CCCC1)CN(Cc1ccccc1)C2. The van der Waals surface area contributed by atoms with Crippen molar-refractivity contribution in [3.05, 3.63) is 35.9 Å². The number of likely N-dealkylation sites (tertiary alicyclic amines) is 3. The Morgan fingerprint density at radius 1 is 1.13 bits per heavy atom. The third-order valence-electron chi connectivity index (χ3n) is 5.81. The molecular formula is C19H27N3O. The summed E-state index contributed by atoms with van der Waals surface area (Å²) in [5.41, 5.74) is 1.74. The van der Waals surface area contributed by atoms with E-state index >= 15 is 0 Å². The summed E-state index contributed by atoms with van der Waals surface area (Å²) in [6.45, 7) is 6.32. The second-order valence-corrected chi connectivity index (χ2v) is 7.80. The van der Waals surface area contributed by atoms with Crippen LogP contribution >= 0.6 is 0 Å². The Morgan fingerprint density at radius 3 is 2.52 bits per heavy atom. The van der Waals surface area contributed by atoms with Gasteiger partial charge >= 0.3 is 0 Å². The van der Waals surface area contributed by atoms with Crippen LogP contribution in [0.3, 0.4) is 0 Å². The maximum atomic E-state index is 12.7. The van der Waals surface area contributed by atoms with Gasteiger partial charge in [0.2, 0.25) is 5.91 Å². The number of hydrogen-bond acceptors (Lipinski definition) is 3. The molecule has 4 nitrogen and oxygen atoms in total. The average Bonchev–Trinajstić information content (AvgIpc) is 3.15. The van der Waals surface area contributed by atoms with Gasteiger partial charge in [-0.2, -0.15) is 0 Å². The number of rotatable bonds is 3. The fraction of sp³-hybridized carbons (Fsp3) is 0.632. The van der Waals surface area contributed by atoms with Crippen molar-refractivity contribution in [2.45, 2.75) is 31.8 Å². The lowest BCUT2D eigenvalue weighted by molar-refractivity contribution is -0.134. The molecule has 0 N–H and O–H groups in total. The van der Waals surface area contributed by atoms with E-state index in [0.29, 0.717) is 11.3 Å². The summed E-state index contributed by atoms with van der Waals surface area (Å²) >= 11 is 0. The van der Waals surface area contributed by atoms with Crippen molar-refractivity contribution in [2.24, 2.45) is 5.41 Å². The topological polar surface area (TPSA) is 26.8 Å². The largest absolute Gasteiger partial charge is 0.341 e. The minimum absolute atomic E-state index is 0.118. The molecule has 0 aliphatic carbocycles. The first kappa shape index (κ1) is 15.2. The van der Waals surface area contributed by atoms with Crippen LogP contribution in [-0.2, 0) is 11.3 Å². The Kier molecular flexibility index (Phi) is 3.90. The molecule has 1 atom stereocenters. The van der Waals surface area contributed by atoms with Crippen molar-refractivity contribution < 1.29 is 4.79 Å². The van der Waals surface area contributed by atoms with E-state index in [1.165, 1.54) is 18.4 Å². The van der Waals surface area contributed by atoms with Crippen LogP contribution in [0.1, 0.15) is 24.8 Å². The molecule has 3 fully saturated rings. The molecule has 0 saturated carbocycles. The molecule has 23 heavy (non-hydrogen) atoms. The molecule has 124 valence electrons. The fourth-order valence-corrected chi connectivity index (χ4v) is 4.78. The number of hydrogen-bond donors (Lipinski definition) is 0. The zero-order chi connectivity index (χ0) is 15.9. The normalized spacial score (nSPS) is 27.5. The minimum atomic E-state index is 0.118. The first-order valence-electron chi connectivity index (χ1n) is 8.91. The zero-order valence-corrected chi connectivity index (χ0v) is 14.1. The predicted molar refractivity (Wildman–Crippen MR) is 91.0 cm³/mol. The Bertz CT molecular complexity index is 561. The van der Waals surface area contributed by atoms with E-state index in [-0.39, 0.29) is 6.04 Å². The summed E-state index contributed by atoms with van der Waals surface area (Å²) in [6.07, 6.45) is 3.40. The van der Waals surface area contributed by atoms with Crippen LogP contribution in [0.15, 0.2) is 30.3 Å². The van der Waals surface area contributed by atoms with Gasteiger partial charge in [0, 0.05) is 44.7 Å². The first-order chi connectivity index (χ1) is 11.2. The van der Waals surface area contributed by atoms with E-state index in [4.69, 9.17) is 0 Å². The summed E-state index contributed by atoms with van der Waals surface area (Å²) in [5.74, 6) is 0.378. The molecule has 1 unspecified atom stereocenters. The van der Waals surface area contributed by atoms with Gasteiger partial charge in [-0.05, 0) is 31.9 Å². The Labute approximate surface area is 139 Å². The number of nitrogens with zero attached hydrogens (tertiary/aromatic N) is 3. The van der Waals surface area contributed by atoms with Gasteiger partial charge < -0.3 is 4.90 Å². The van der Waals surface area contributed by atoms with E-state index in [0.717, 1.165) is 45.7 Å². The van der Waals surface area contributed by atoms with Crippen molar-refractivity contribution in [1.29, 1.82) is 0 Å². The van der Waals surface area contributed by atoms with E-state index in [9.17, 15) is 4.79 Å².